The largest absolute Gasteiger partial charge is 0.435 e. The molecule has 1 atom stereocenters. The molecule has 0 aromatic rings. The van der Waals surface area contributed by atoms with Gasteiger partial charge >= 0.3 is 0 Å². The molecule has 0 aromatic heterocycles. The molecule has 0 saturated heterocycles. The van der Waals surface area contributed by atoms with E-state index in [1.54, 1.807) is 0 Å². The first-order valence-electron chi connectivity index (χ1n) is 1.66. The zero-order valence-corrected chi connectivity index (χ0v) is 5.01. The molecule has 0 radical (unpaired) electrons. The normalized spacial score (nSPS) is 29.1. The standard InChI is InChI=1S/C3H2NOS2/c5-7-1-3(6)4-2-7/h1H2/q-1. The molecule has 1 rings (SSSR count). The number of thiocarbonyl (C=S) groups is 1. The Kier molecular flexibility index (Phi) is 1.30. The minimum Gasteiger partial charge on any atom is -0.435 e. The van der Waals surface area contributed by atoms with E-state index in [1.165, 1.54) is 0 Å². The Bertz CT molecular complexity index is 135. The van der Waals surface area contributed by atoms with Gasteiger partial charge in [-0.2, -0.15) is 12.2 Å². The molecule has 1 aliphatic heterocycles. The van der Waals surface area contributed by atoms with Crippen LogP contribution in [0.4, 0.5) is 0 Å². The summed E-state index contributed by atoms with van der Waals surface area (Å²) in [4.78, 5) is 4.00. The van der Waals surface area contributed by atoms with E-state index in [4.69, 9.17) is 0 Å². The lowest BCUT2D eigenvalue weighted by atomic mass is 10.8. The highest BCUT2D eigenvalue weighted by Gasteiger charge is 1.92. The van der Waals surface area contributed by atoms with Crippen molar-refractivity contribution < 1.29 is 4.21 Å². The molecule has 0 aliphatic carbocycles. The van der Waals surface area contributed by atoms with Crippen LogP contribution in [0.2, 0.25) is 0 Å². The smallest absolute Gasteiger partial charge is 0.00401 e. The van der Waals surface area contributed by atoms with Crippen LogP contribution in [0.3, 0.4) is 0 Å². The highest BCUT2D eigenvalue weighted by atomic mass is 32.2. The van der Waals surface area contributed by atoms with Crippen LogP contribution in [-0.2, 0) is 10.8 Å². The van der Waals surface area contributed by atoms with E-state index in [0.29, 0.717) is 10.7 Å². The van der Waals surface area contributed by atoms with Gasteiger partial charge in [-0.3, -0.25) is 4.21 Å². The molecule has 0 fully saturated rings. The lowest BCUT2D eigenvalue weighted by Crippen LogP contribution is -1.94. The predicted molar refractivity (Wildman–Crippen MR) is 33.0 cm³/mol. The van der Waals surface area contributed by atoms with Crippen molar-refractivity contribution in [3.05, 3.63) is 0 Å². The van der Waals surface area contributed by atoms with Gasteiger partial charge in [0.2, 0.25) is 0 Å². The number of hydrogen-bond acceptors (Lipinski definition) is 2. The number of rotatable bonds is 0. The maximum absolute atomic E-state index is 10.3. The van der Waals surface area contributed by atoms with Crippen molar-refractivity contribution in [2.75, 3.05) is 5.75 Å². The molecule has 0 bridgehead atoms. The van der Waals surface area contributed by atoms with E-state index in [0.717, 1.165) is 0 Å². The van der Waals surface area contributed by atoms with Gasteiger partial charge in [0.25, 0.3) is 0 Å². The minimum atomic E-state index is -1.01. The van der Waals surface area contributed by atoms with Gasteiger partial charge < -0.3 is 4.99 Å². The summed E-state index contributed by atoms with van der Waals surface area (Å²) in [5.74, 6) is 0.398. The first kappa shape index (κ1) is 5.05. The monoisotopic (exact) mass is 132 g/mol. The average Bonchev–Trinajstić information content (AvgIpc) is 1.87. The van der Waals surface area contributed by atoms with Crippen LogP contribution in [0.1, 0.15) is 0 Å². The highest BCUT2D eigenvalue weighted by Crippen LogP contribution is 1.92. The quantitative estimate of drug-likeness (QED) is 0.342. The number of aliphatic imine (C=N–C) groups is 1. The topological polar surface area (TPSA) is 29.4 Å². The van der Waals surface area contributed by atoms with Gasteiger partial charge in [-0.25, -0.2) is 0 Å². The molecule has 1 heterocycles. The van der Waals surface area contributed by atoms with Gasteiger partial charge in [-0.05, 0) is 21.5 Å². The Morgan fingerprint density at radius 1 is 2.00 bits per heavy atom. The summed E-state index contributed by atoms with van der Waals surface area (Å²) >= 11 is 4.57. The van der Waals surface area contributed by atoms with Gasteiger partial charge in [-0.15, -0.1) is 0 Å². The molecular formula is C3H2NOS2-. The summed E-state index contributed by atoms with van der Waals surface area (Å²) < 4.78 is 10.3. The van der Waals surface area contributed by atoms with Crippen LogP contribution in [0.15, 0.2) is 4.99 Å². The summed E-state index contributed by atoms with van der Waals surface area (Å²) in [7, 11) is -1.01. The molecule has 38 valence electrons. The highest BCUT2D eigenvalue weighted by molar-refractivity contribution is 8.01. The van der Waals surface area contributed by atoms with Gasteiger partial charge in [-0.1, -0.05) is 5.55 Å². The first-order chi connectivity index (χ1) is 3.29. The molecule has 0 N–H and O–H groups in total. The van der Waals surface area contributed by atoms with Crippen LogP contribution in [-0.4, -0.2) is 20.5 Å². The van der Waals surface area contributed by atoms with Crippen LogP contribution >= 0.6 is 12.2 Å². The maximum atomic E-state index is 10.3. The van der Waals surface area contributed by atoms with Crippen molar-refractivity contribution in [2.24, 2.45) is 4.99 Å². The van der Waals surface area contributed by atoms with Crippen LogP contribution in [0, 0.1) is 0 Å². The van der Waals surface area contributed by atoms with E-state index in [2.05, 4.69) is 22.8 Å². The molecule has 0 spiro atoms. The number of hydrogen-bond donors (Lipinski definition) is 0. The second kappa shape index (κ2) is 1.79. The first-order valence-corrected chi connectivity index (χ1v) is 3.39. The zero-order valence-electron chi connectivity index (χ0n) is 3.38. The fourth-order valence-electron chi connectivity index (χ4n) is 0.279. The SMILES string of the molecule is O=S1[C-]=NC(=S)C1. The lowest BCUT2D eigenvalue weighted by Gasteiger charge is -1.87. The maximum Gasteiger partial charge on any atom is -0.00401 e. The fraction of sp³-hybridized carbons (Fsp3) is 0.333. The van der Waals surface area contributed by atoms with Crippen molar-refractivity contribution in [1.82, 2.24) is 0 Å². The van der Waals surface area contributed by atoms with Crippen molar-refractivity contribution in [2.45, 2.75) is 0 Å². The molecular weight excluding hydrogens is 130 g/mol. The van der Waals surface area contributed by atoms with Crippen molar-refractivity contribution >= 4 is 33.6 Å². The molecule has 0 aromatic carbocycles. The Balaban J connectivity index is 2.76. The molecule has 1 unspecified atom stereocenters. The van der Waals surface area contributed by atoms with Crippen LogP contribution in [0.25, 0.3) is 0 Å². The lowest BCUT2D eigenvalue weighted by molar-refractivity contribution is 0.693. The van der Waals surface area contributed by atoms with Crippen molar-refractivity contribution in [3.63, 3.8) is 0 Å². The van der Waals surface area contributed by atoms with Crippen LogP contribution in [0.5, 0.6) is 0 Å². The molecule has 0 saturated carbocycles. The Morgan fingerprint density at radius 2 is 2.71 bits per heavy atom. The molecule has 2 nitrogen and oxygen atoms in total. The summed E-state index contributed by atoms with van der Waals surface area (Å²) in [6.45, 7) is 0. The predicted octanol–water partition coefficient (Wildman–Crippen LogP) is -0.0186. The third-order valence-corrected chi connectivity index (χ3v) is 1.78. The average molecular weight is 132 g/mol. The van der Waals surface area contributed by atoms with Crippen LogP contribution < -0.4 is 0 Å². The van der Waals surface area contributed by atoms with E-state index in [-0.39, 0.29) is 0 Å². The molecule has 0 amide bonds. The molecule has 4 heteroatoms. The summed E-state index contributed by atoms with van der Waals surface area (Å²) in [5, 5.41) is 0. The van der Waals surface area contributed by atoms with E-state index >= 15 is 0 Å². The minimum absolute atomic E-state index is 0.398. The second-order valence-corrected chi connectivity index (χ2v) is 2.72. The summed E-state index contributed by atoms with van der Waals surface area (Å²) in [6, 6.07) is 0. The summed E-state index contributed by atoms with van der Waals surface area (Å²) in [6.07, 6.45) is 0. The molecule has 7 heavy (non-hydrogen) atoms. The van der Waals surface area contributed by atoms with Gasteiger partial charge in [0, 0.05) is 0 Å². The fourth-order valence-corrected chi connectivity index (χ4v) is 1.27. The van der Waals surface area contributed by atoms with Crippen molar-refractivity contribution in [3.8, 4) is 0 Å². The van der Waals surface area contributed by atoms with Gasteiger partial charge in [0.05, 0.1) is 0 Å². The van der Waals surface area contributed by atoms with Gasteiger partial charge in [0.15, 0.2) is 0 Å². The Hall–Kier alpha value is -0.0900. The Labute approximate surface area is 49.1 Å². The van der Waals surface area contributed by atoms with Crippen molar-refractivity contribution in [1.29, 1.82) is 0 Å². The van der Waals surface area contributed by atoms with Gasteiger partial charge in [0.1, 0.15) is 0 Å². The second-order valence-electron chi connectivity index (χ2n) is 1.09. The zero-order chi connectivity index (χ0) is 5.28. The number of nitrogens with zero attached hydrogens (tertiary/aromatic N) is 1. The van der Waals surface area contributed by atoms with E-state index in [1.807, 2.05) is 0 Å². The van der Waals surface area contributed by atoms with E-state index < -0.39 is 10.8 Å². The Morgan fingerprint density at radius 3 is 2.86 bits per heavy atom. The summed E-state index contributed by atoms with van der Waals surface area (Å²) in [5.41, 5.74) is 2.33. The third-order valence-electron chi connectivity index (χ3n) is 0.527. The molecule has 1 aliphatic rings. The van der Waals surface area contributed by atoms with E-state index in [9.17, 15) is 4.21 Å². The third kappa shape index (κ3) is 1.14.